The summed E-state index contributed by atoms with van der Waals surface area (Å²) in [5, 5.41) is 4.18. The van der Waals surface area contributed by atoms with Gasteiger partial charge in [-0.2, -0.15) is 5.10 Å². The number of aryl methyl sites for hydroxylation is 2. The average molecular weight is 298 g/mol. The van der Waals surface area contributed by atoms with Gasteiger partial charge in [0, 0.05) is 38.6 Å². The molecular weight excluding hydrogens is 280 g/mol. The molecular formula is C15H18N6O. The number of fused-ring (bicyclic) bond motifs is 1. The Balaban J connectivity index is 1.62. The fourth-order valence-corrected chi connectivity index (χ4v) is 3.50. The van der Waals surface area contributed by atoms with Crippen LogP contribution >= 0.6 is 0 Å². The largest absolute Gasteiger partial charge is 0.335 e. The maximum atomic E-state index is 12.4. The van der Waals surface area contributed by atoms with E-state index < -0.39 is 0 Å². The van der Waals surface area contributed by atoms with Gasteiger partial charge in [0.2, 0.25) is 11.9 Å². The molecule has 2 aromatic rings. The number of anilines is 2. The minimum Gasteiger partial charge on any atom is -0.335 e. The second-order valence-corrected chi connectivity index (χ2v) is 6.02. The molecule has 114 valence electrons. The topological polar surface area (TPSA) is 67.2 Å². The molecule has 2 aliphatic heterocycles. The second-order valence-electron chi connectivity index (χ2n) is 6.02. The van der Waals surface area contributed by atoms with Crippen molar-refractivity contribution in [1.29, 1.82) is 0 Å². The van der Waals surface area contributed by atoms with Gasteiger partial charge in [0.1, 0.15) is 0 Å². The van der Waals surface area contributed by atoms with Gasteiger partial charge in [0.25, 0.3) is 0 Å². The lowest BCUT2D eigenvalue weighted by Gasteiger charge is -2.24. The van der Waals surface area contributed by atoms with Crippen molar-refractivity contribution in [2.24, 2.45) is 7.05 Å². The maximum Gasteiger partial charge on any atom is 0.229 e. The summed E-state index contributed by atoms with van der Waals surface area (Å²) >= 11 is 0. The number of carbonyl (C=O) groups excluding carboxylic acids is 1. The van der Waals surface area contributed by atoms with Crippen LogP contribution in [0.1, 0.15) is 18.4 Å². The van der Waals surface area contributed by atoms with Gasteiger partial charge in [-0.1, -0.05) is 0 Å². The normalized spacial score (nSPS) is 24.2. The number of amides is 1. The van der Waals surface area contributed by atoms with Crippen molar-refractivity contribution in [1.82, 2.24) is 19.7 Å². The van der Waals surface area contributed by atoms with E-state index >= 15 is 0 Å². The molecule has 7 nitrogen and oxygen atoms in total. The second kappa shape index (κ2) is 4.79. The van der Waals surface area contributed by atoms with Gasteiger partial charge < -0.3 is 9.80 Å². The summed E-state index contributed by atoms with van der Waals surface area (Å²) in [6.45, 7) is 2.85. The first kappa shape index (κ1) is 13.2. The molecule has 2 fully saturated rings. The summed E-state index contributed by atoms with van der Waals surface area (Å²) < 4.78 is 1.73. The van der Waals surface area contributed by atoms with Crippen LogP contribution in [0.15, 0.2) is 24.8 Å². The minimum atomic E-state index is 0.149. The summed E-state index contributed by atoms with van der Waals surface area (Å²) in [6, 6.07) is 0.331. The summed E-state index contributed by atoms with van der Waals surface area (Å²) in [7, 11) is 1.86. The highest BCUT2D eigenvalue weighted by atomic mass is 16.2. The Hall–Kier alpha value is -2.44. The maximum absolute atomic E-state index is 12.4. The molecule has 0 N–H and O–H groups in total. The van der Waals surface area contributed by atoms with Crippen LogP contribution in [0.25, 0.3) is 0 Å². The lowest BCUT2D eigenvalue weighted by Crippen LogP contribution is -2.37. The molecule has 0 radical (unpaired) electrons. The van der Waals surface area contributed by atoms with Crippen LogP contribution in [0.5, 0.6) is 0 Å². The van der Waals surface area contributed by atoms with Crippen molar-refractivity contribution in [2.75, 3.05) is 16.3 Å². The van der Waals surface area contributed by atoms with E-state index in [2.05, 4.69) is 20.0 Å². The molecule has 0 unspecified atom stereocenters. The van der Waals surface area contributed by atoms with Crippen LogP contribution in [-0.2, 0) is 11.8 Å². The summed E-state index contributed by atoms with van der Waals surface area (Å²) in [5.41, 5.74) is 1.92. The molecule has 22 heavy (non-hydrogen) atoms. The van der Waals surface area contributed by atoms with Gasteiger partial charge in [-0.05, 0) is 18.9 Å². The third kappa shape index (κ3) is 1.96. The van der Waals surface area contributed by atoms with E-state index in [9.17, 15) is 4.79 Å². The molecule has 0 aromatic carbocycles. The highest BCUT2D eigenvalue weighted by Crippen LogP contribution is 2.37. The van der Waals surface area contributed by atoms with Crippen LogP contribution in [-0.4, -0.2) is 44.3 Å². The minimum absolute atomic E-state index is 0.149. The van der Waals surface area contributed by atoms with Crippen LogP contribution in [0, 0.1) is 6.92 Å². The molecule has 0 spiro atoms. The first-order chi connectivity index (χ1) is 10.6. The zero-order chi connectivity index (χ0) is 15.3. The molecule has 0 aliphatic carbocycles. The van der Waals surface area contributed by atoms with Crippen molar-refractivity contribution in [2.45, 2.75) is 31.8 Å². The third-order valence-electron chi connectivity index (χ3n) is 4.49. The van der Waals surface area contributed by atoms with Crippen LogP contribution in [0.3, 0.4) is 0 Å². The Morgan fingerprint density at radius 1 is 1.18 bits per heavy atom. The van der Waals surface area contributed by atoms with E-state index in [0.717, 1.165) is 30.2 Å². The van der Waals surface area contributed by atoms with E-state index in [1.807, 2.05) is 37.5 Å². The standard InChI is InChI=1S/C15H18N6O/c1-10-6-16-15(17-7-10)20-4-3-12-13(20)5-14(22)21(12)11-8-18-19(2)9-11/h6-9,12-13H,3-5H2,1-2H3/t12-,13-/m1/s1. The van der Waals surface area contributed by atoms with Crippen LogP contribution in [0.2, 0.25) is 0 Å². The number of rotatable bonds is 2. The van der Waals surface area contributed by atoms with E-state index in [0.29, 0.717) is 6.42 Å². The molecule has 7 heteroatoms. The smallest absolute Gasteiger partial charge is 0.229 e. The molecule has 1 amide bonds. The number of hydrogen-bond donors (Lipinski definition) is 0. The highest BCUT2D eigenvalue weighted by molar-refractivity contribution is 5.97. The lowest BCUT2D eigenvalue weighted by molar-refractivity contribution is -0.117. The van der Waals surface area contributed by atoms with Crippen molar-refractivity contribution in [3.63, 3.8) is 0 Å². The van der Waals surface area contributed by atoms with E-state index in [1.165, 1.54) is 0 Å². The van der Waals surface area contributed by atoms with Gasteiger partial charge >= 0.3 is 0 Å². The molecule has 2 aliphatic rings. The Morgan fingerprint density at radius 2 is 1.95 bits per heavy atom. The number of aromatic nitrogens is 4. The number of carbonyl (C=O) groups is 1. The van der Waals surface area contributed by atoms with E-state index in [-0.39, 0.29) is 18.0 Å². The molecule has 0 saturated carbocycles. The zero-order valence-corrected chi connectivity index (χ0v) is 12.7. The number of hydrogen-bond acceptors (Lipinski definition) is 5. The summed E-state index contributed by atoms with van der Waals surface area (Å²) in [4.78, 5) is 25.3. The fourth-order valence-electron chi connectivity index (χ4n) is 3.50. The lowest BCUT2D eigenvalue weighted by atomic mass is 10.1. The summed E-state index contributed by atoms with van der Waals surface area (Å²) in [6.07, 6.45) is 8.74. The van der Waals surface area contributed by atoms with E-state index in [4.69, 9.17) is 0 Å². The van der Waals surface area contributed by atoms with Gasteiger partial charge in [0.15, 0.2) is 0 Å². The van der Waals surface area contributed by atoms with Gasteiger partial charge in [-0.25, -0.2) is 9.97 Å². The number of nitrogens with zero attached hydrogens (tertiary/aromatic N) is 6. The molecule has 2 saturated heterocycles. The molecule has 2 aromatic heterocycles. The molecule has 4 heterocycles. The Labute approximate surface area is 128 Å². The molecule has 4 rings (SSSR count). The predicted molar refractivity (Wildman–Crippen MR) is 81.6 cm³/mol. The molecule has 2 atom stereocenters. The van der Waals surface area contributed by atoms with Crippen molar-refractivity contribution in [3.8, 4) is 0 Å². The van der Waals surface area contributed by atoms with Crippen LogP contribution < -0.4 is 9.80 Å². The first-order valence-electron chi connectivity index (χ1n) is 7.49. The monoisotopic (exact) mass is 298 g/mol. The Kier molecular flexibility index (Phi) is 2.88. The Morgan fingerprint density at radius 3 is 2.64 bits per heavy atom. The molecule has 0 bridgehead atoms. The van der Waals surface area contributed by atoms with Gasteiger partial charge in [-0.3, -0.25) is 9.48 Å². The highest BCUT2D eigenvalue weighted by Gasteiger charge is 2.48. The first-order valence-corrected chi connectivity index (χ1v) is 7.49. The summed E-state index contributed by atoms with van der Waals surface area (Å²) in [5.74, 6) is 0.874. The quantitative estimate of drug-likeness (QED) is 0.824. The van der Waals surface area contributed by atoms with Crippen molar-refractivity contribution in [3.05, 3.63) is 30.4 Å². The predicted octanol–water partition coefficient (Wildman–Crippen LogP) is 0.903. The third-order valence-corrected chi connectivity index (χ3v) is 4.49. The Bertz CT molecular complexity index is 709. The van der Waals surface area contributed by atoms with E-state index in [1.54, 1.807) is 10.9 Å². The van der Waals surface area contributed by atoms with Crippen molar-refractivity contribution < 1.29 is 4.79 Å². The van der Waals surface area contributed by atoms with Gasteiger partial charge in [-0.15, -0.1) is 0 Å². The van der Waals surface area contributed by atoms with Crippen molar-refractivity contribution >= 4 is 17.5 Å². The zero-order valence-electron chi connectivity index (χ0n) is 12.7. The van der Waals surface area contributed by atoms with Crippen LogP contribution in [0.4, 0.5) is 11.6 Å². The van der Waals surface area contributed by atoms with Gasteiger partial charge in [0.05, 0.1) is 24.0 Å². The fraction of sp³-hybridized carbons (Fsp3) is 0.467. The SMILES string of the molecule is Cc1cnc(N2CC[C@@H]3[C@H]2CC(=O)N3c2cnn(C)c2)nc1. The average Bonchev–Trinajstić information content (AvgIpc) is 3.15.